The Balaban J connectivity index is 1.35. The maximum Gasteiger partial charge on any atom is 0.322 e. The molecule has 1 saturated heterocycles. The first-order valence-corrected chi connectivity index (χ1v) is 14.4. The Morgan fingerprint density at radius 3 is 2.82 bits per heavy atom. The van der Waals surface area contributed by atoms with E-state index in [1.165, 1.54) is 13.4 Å². The van der Waals surface area contributed by atoms with E-state index in [1.54, 1.807) is 36.2 Å². The van der Waals surface area contributed by atoms with Gasteiger partial charge in [-0.2, -0.15) is 4.67 Å². The molecule has 212 valence electrons. The first kappa shape index (κ1) is 29.4. The summed E-state index contributed by atoms with van der Waals surface area (Å²) in [7, 11) is -0.177. The van der Waals surface area contributed by atoms with Crippen LogP contribution >= 0.6 is 19.9 Å². The second kappa shape index (κ2) is 13.7. The number of nitrogens with one attached hydrogen (secondary N) is 1. The van der Waals surface area contributed by atoms with E-state index in [9.17, 15) is 4.79 Å². The SMILES string of the molecule is CCN(N)c1ncnc2c1ccn2C1OC(COOP(COc2ccc(Cl)cc2)NC(C)C(=O)OC)CC1C. The van der Waals surface area contributed by atoms with Crippen molar-refractivity contribution in [2.75, 3.05) is 31.6 Å². The number of carbonyl (C=O) groups excluding carboxylic acids is 1. The Morgan fingerprint density at radius 2 is 2.10 bits per heavy atom. The molecule has 0 bridgehead atoms. The largest absolute Gasteiger partial charge is 0.485 e. The number of halogens is 1. The van der Waals surface area contributed by atoms with E-state index in [4.69, 9.17) is 41.2 Å². The number of hydrogen-bond acceptors (Lipinski definition) is 11. The molecule has 0 saturated carbocycles. The summed E-state index contributed by atoms with van der Waals surface area (Å²) in [5.74, 6) is 7.15. The van der Waals surface area contributed by atoms with Crippen LogP contribution in [0.1, 0.15) is 33.4 Å². The van der Waals surface area contributed by atoms with Gasteiger partial charge in [-0.15, -0.1) is 0 Å². The van der Waals surface area contributed by atoms with E-state index in [2.05, 4.69) is 22.0 Å². The van der Waals surface area contributed by atoms with E-state index in [1.807, 2.05) is 23.8 Å². The molecule has 39 heavy (non-hydrogen) atoms. The fourth-order valence-electron chi connectivity index (χ4n) is 4.27. The van der Waals surface area contributed by atoms with Gasteiger partial charge in [0.1, 0.15) is 42.9 Å². The predicted octanol–water partition coefficient (Wildman–Crippen LogP) is 4.16. The maximum atomic E-state index is 11.9. The summed E-state index contributed by atoms with van der Waals surface area (Å²) in [5, 5.41) is 6.13. The first-order chi connectivity index (χ1) is 18.8. The minimum atomic E-state index is -1.51. The first-order valence-electron chi connectivity index (χ1n) is 12.6. The third kappa shape index (κ3) is 7.34. The zero-order valence-corrected chi connectivity index (χ0v) is 24.0. The van der Waals surface area contributed by atoms with Crippen LogP contribution in [0.4, 0.5) is 5.82 Å². The standard InChI is InChI=1S/C25H34ClN6O6P/c1-5-32(27)23-21-10-11-31(22(21)28-14-29-23)24-16(2)12-20(37-24)13-36-38-39(30-17(3)25(33)34-4)15-35-19-8-6-18(26)7-9-19/h6-11,14,16-17,20,24,30H,5,12-13,15,27H2,1-4H3. The average Bonchev–Trinajstić information content (AvgIpc) is 3.54. The monoisotopic (exact) mass is 580 g/mol. The predicted molar refractivity (Wildman–Crippen MR) is 148 cm³/mol. The van der Waals surface area contributed by atoms with Gasteiger partial charge in [0.05, 0.1) is 18.6 Å². The Morgan fingerprint density at radius 1 is 1.33 bits per heavy atom. The van der Waals surface area contributed by atoms with E-state index in [-0.39, 0.29) is 31.2 Å². The lowest BCUT2D eigenvalue weighted by molar-refractivity contribution is -0.224. The van der Waals surface area contributed by atoms with Crippen LogP contribution in [0.15, 0.2) is 42.9 Å². The lowest BCUT2D eigenvalue weighted by atomic mass is 10.1. The Kier molecular flexibility index (Phi) is 10.3. The maximum absolute atomic E-state index is 11.9. The number of methoxy groups -OCH3 is 1. The number of hydrazine groups is 1. The molecule has 3 heterocycles. The Hall–Kier alpha value is -2.57. The fourth-order valence-corrected chi connectivity index (χ4v) is 5.54. The number of aromatic nitrogens is 3. The number of carbonyl (C=O) groups is 1. The number of rotatable bonds is 13. The summed E-state index contributed by atoms with van der Waals surface area (Å²) < 4.78 is 24.6. The van der Waals surface area contributed by atoms with E-state index >= 15 is 0 Å². The lowest BCUT2D eigenvalue weighted by Gasteiger charge is -2.22. The summed E-state index contributed by atoms with van der Waals surface area (Å²) in [6.45, 7) is 6.57. The molecule has 3 N–H and O–H groups in total. The molecule has 2 aromatic heterocycles. The smallest absolute Gasteiger partial charge is 0.322 e. The minimum absolute atomic E-state index is 0.135. The molecular formula is C25H34ClN6O6P. The average molecular weight is 581 g/mol. The van der Waals surface area contributed by atoms with Gasteiger partial charge in [0, 0.05) is 23.7 Å². The van der Waals surface area contributed by atoms with Gasteiger partial charge in [0.15, 0.2) is 14.1 Å². The van der Waals surface area contributed by atoms with Crippen LogP contribution in [-0.2, 0) is 23.8 Å². The van der Waals surface area contributed by atoms with Gasteiger partial charge in [-0.1, -0.05) is 18.5 Å². The summed E-state index contributed by atoms with van der Waals surface area (Å²) >= 11 is 5.95. The van der Waals surface area contributed by atoms with Gasteiger partial charge in [-0.05, 0) is 50.6 Å². The molecule has 0 amide bonds. The summed E-state index contributed by atoms with van der Waals surface area (Å²) in [5.41, 5.74) is 0.752. The molecular weight excluding hydrogens is 547 g/mol. The molecule has 5 unspecified atom stereocenters. The molecule has 3 aromatic rings. The van der Waals surface area contributed by atoms with Gasteiger partial charge in [-0.3, -0.25) is 14.9 Å². The van der Waals surface area contributed by atoms with Gasteiger partial charge >= 0.3 is 5.97 Å². The third-order valence-corrected chi connectivity index (χ3v) is 7.86. The normalized spacial score (nSPS) is 20.6. The molecule has 0 radical (unpaired) electrons. The number of hydrogen-bond donors (Lipinski definition) is 2. The summed E-state index contributed by atoms with van der Waals surface area (Å²) in [6, 6.07) is 8.29. The molecule has 5 atom stereocenters. The molecule has 1 aliphatic rings. The van der Waals surface area contributed by atoms with E-state index in [0.717, 1.165) is 17.5 Å². The molecule has 1 fully saturated rings. The highest BCUT2D eigenvalue weighted by atomic mass is 35.5. The van der Waals surface area contributed by atoms with Crippen molar-refractivity contribution in [3.63, 3.8) is 0 Å². The van der Waals surface area contributed by atoms with E-state index in [0.29, 0.717) is 23.1 Å². The number of fused-ring (bicyclic) bond motifs is 1. The number of benzene rings is 1. The Bertz CT molecular complexity index is 1230. The molecule has 4 rings (SSSR count). The number of nitrogens with two attached hydrogens (primary N) is 1. The number of nitrogens with zero attached hydrogens (tertiary/aromatic N) is 4. The Labute approximate surface area is 233 Å². The molecule has 0 aliphatic carbocycles. The topological polar surface area (TPSA) is 135 Å². The van der Waals surface area contributed by atoms with Crippen molar-refractivity contribution in [3.05, 3.63) is 47.9 Å². The van der Waals surface area contributed by atoms with Crippen LogP contribution in [0.2, 0.25) is 5.02 Å². The van der Waals surface area contributed by atoms with Gasteiger partial charge in [0.25, 0.3) is 0 Å². The van der Waals surface area contributed by atoms with Gasteiger partial charge in [-0.25, -0.2) is 20.7 Å². The van der Waals surface area contributed by atoms with Crippen LogP contribution in [0, 0.1) is 5.92 Å². The lowest BCUT2D eigenvalue weighted by Crippen LogP contribution is -2.33. The van der Waals surface area contributed by atoms with Crippen molar-refractivity contribution >= 4 is 42.7 Å². The highest BCUT2D eigenvalue weighted by molar-refractivity contribution is 7.50. The fraction of sp³-hybridized carbons (Fsp3) is 0.480. The van der Waals surface area contributed by atoms with Crippen LogP contribution in [0.5, 0.6) is 5.75 Å². The van der Waals surface area contributed by atoms with Crippen LogP contribution in [-0.4, -0.2) is 59.3 Å². The highest BCUT2D eigenvalue weighted by Gasteiger charge is 2.35. The highest BCUT2D eigenvalue weighted by Crippen LogP contribution is 2.38. The van der Waals surface area contributed by atoms with Gasteiger partial charge < -0.3 is 18.8 Å². The quantitative estimate of drug-likeness (QED) is 0.0991. The van der Waals surface area contributed by atoms with Gasteiger partial charge in [0.2, 0.25) is 0 Å². The van der Waals surface area contributed by atoms with Crippen LogP contribution < -0.4 is 20.7 Å². The van der Waals surface area contributed by atoms with Crippen molar-refractivity contribution in [1.29, 1.82) is 0 Å². The zero-order chi connectivity index (χ0) is 27.9. The number of esters is 1. The summed E-state index contributed by atoms with van der Waals surface area (Å²) in [6.07, 6.45) is 3.90. The number of ether oxygens (including phenoxy) is 3. The van der Waals surface area contributed by atoms with Crippen molar-refractivity contribution in [2.24, 2.45) is 11.8 Å². The van der Waals surface area contributed by atoms with Crippen molar-refractivity contribution in [2.45, 2.75) is 45.6 Å². The third-order valence-electron chi connectivity index (χ3n) is 6.28. The van der Waals surface area contributed by atoms with Crippen LogP contribution in [0.3, 0.4) is 0 Å². The number of anilines is 1. The van der Waals surface area contributed by atoms with Crippen molar-refractivity contribution < 1.29 is 28.6 Å². The molecule has 1 aromatic carbocycles. The second-order valence-electron chi connectivity index (χ2n) is 9.14. The second-order valence-corrected chi connectivity index (χ2v) is 11.0. The zero-order valence-electron chi connectivity index (χ0n) is 22.3. The van der Waals surface area contributed by atoms with Crippen molar-refractivity contribution in [1.82, 2.24) is 19.6 Å². The molecule has 0 spiro atoms. The molecule has 1 aliphatic heterocycles. The summed E-state index contributed by atoms with van der Waals surface area (Å²) in [4.78, 5) is 26.3. The van der Waals surface area contributed by atoms with Crippen LogP contribution in [0.25, 0.3) is 11.0 Å². The molecule has 12 nitrogen and oxygen atoms in total. The van der Waals surface area contributed by atoms with E-state index < -0.39 is 20.3 Å². The van der Waals surface area contributed by atoms with Crippen molar-refractivity contribution in [3.8, 4) is 5.75 Å². The minimum Gasteiger partial charge on any atom is -0.485 e. The molecule has 14 heteroatoms.